The number of rotatable bonds is 6. The first-order valence-corrected chi connectivity index (χ1v) is 8.25. The van der Waals surface area contributed by atoms with Crippen LogP contribution in [-0.4, -0.2) is 38.0 Å². The van der Waals surface area contributed by atoms with Gasteiger partial charge in [-0.2, -0.15) is 0 Å². The summed E-state index contributed by atoms with van der Waals surface area (Å²) >= 11 is 0. The van der Waals surface area contributed by atoms with Crippen LogP contribution in [-0.2, 0) is 9.84 Å². The average Bonchev–Trinajstić information content (AvgIpc) is 3.13. The van der Waals surface area contributed by atoms with E-state index >= 15 is 0 Å². The van der Waals surface area contributed by atoms with E-state index in [1.165, 1.54) is 0 Å². The lowest BCUT2D eigenvalue weighted by molar-refractivity contribution is 0.193. The maximum absolute atomic E-state index is 12.2. The van der Waals surface area contributed by atoms with Crippen LogP contribution >= 0.6 is 0 Å². The lowest BCUT2D eigenvalue weighted by Crippen LogP contribution is -2.33. The molecule has 1 atom stereocenters. The molecule has 2 N–H and O–H groups in total. The van der Waals surface area contributed by atoms with Gasteiger partial charge in [0.15, 0.2) is 9.84 Å². The molecule has 1 fully saturated rings. The Morgan fingerprint density at radius 3 is 2.58 bits per heavy atom. The minimum Gasteiger partial charge on any atom is -0.391 e. The van der Waals surface area contributed by atoms with Crippen LogP contribution in [0.4, 0.5) is 0 Å². The fourth-order valence-corrected chi connectivity index (χ4v) is 3.35. The highest BCUT2D eigenvalue weighted by Crippen LogP contribution is 2.19. The van der Waals surface area contributed by atoms with Crippen molar-refractivity contribution in [1.29, 1.82) is 0 Å². The van der Waals surface area contributed by atoms with Crippen molar-refractivity contribution in [2.24, 2.45) is 0 Å². The molecule has 1 aromatic rings. The fourth-order valence-electron chi connectivity index (χ4n) is 1.91. The first kappa shape index (κ1) is 14.5. The number of sulfone groups is 1. The molecule has 0 spiro atoms. The van der Waals surface area contributed by atoms with Crippen LogP contribution in [0.25, 0.3) is 0 Å². The van der Waals surface area contributed by atoms with Crippen molar-refractivity contribution in [3.8, 4) is 0 Å². The van der Waals surface area contributed by atoms with E-state index in [-0.39, 0.29) is 5.75 Å². The Labute approximate surface area is 114 Å². The van der Waals surface area contributed by atoms with Crippen LogP contribution in [0.2, 0.25) is 0 Å². The summed E-state index contributed by atoms with van der Waals surface area (Å²) in [5.41, 5.74) is 2.02. The molecule has 1 unspecified atom stereocenters. The molecule has 1 aliphatic carbocycles. The van der Waals surface area contributed by atoms with Gasteiger partial charge in [-0.3, -0.25) is 0 Å². The van der Waals surface area contributed by atoms with Crippen molar-refractivity contribution >= 4 is 9.84 Å². The molecule has 1 saturated carbocycles. The second-order valence-electron chi connectivity index (χ2n) is 5.36. The number of hydrogen-bond donors (Lipinski definition) is 2. The molecule has 0 aromatic heterocycles. The normalized spacial score (nSPS) is 17.4. The van der Waals surface area contributed by atoms with Crippen molar-refractivity contribution in [3.63, 3.8) is 0 Å². The Hall–Kier alpha value is -0.910. The van der Waals surface area contributed by atoms with Crippen LogP contribution in [0.1, 0.15) is 24.0 Å². The predicted octanol–water partition coefficient (Wildman–Crippen LogP) is 1.19. The number of aryl methyl sites for hydroxylation is 2. The summed E-state index contributed by atoms with van der Waals surface area (Å²) in [6, 6.07) is 5.56. The van der Waals surface area contributed by atoms with Crippen LogP contribution < -0.4 is 5.32 Å². The van der Waals surface area contributed by atoms with Gasteiger partial charge in [0.2, 0.25) is 0 Å². The summed E-state index contributed by atoms with van der Waals surface area (Å²) < 4.78 is 24.4. The second kappa shape index (κ2) is 5.61. The van der Waals surface area contributed by atoms with Gasteiger partial charge in [-0.05, 0) is 49.9 Å². The number of aliphatic hydroxyl groups excluding tert-OH is 1. The highest BCUT2D eigenvalue weighted by atomic mass is 32.2. The van der Waals surface area contributed by atoms with E-state index in [4.69, 9.17) is 0 Å². The van der Waals surface area contributed by atoms with E-state index in [0.29, 0.717) is 17.5 Å². The molecule has 0 aliphatic heterocycles. The van der Waals surface area contributed by atoms with Gasteiger partial charge >= 0.3 is 0 Å². The molecular formula is C14H21NO3S. The zero-order valence-electron chi connectivity index (χ0n) is 11.4. The minimum absolute atomic E-state index is 0.227. The Morgan fingerprint density at radius 2 is 2.00 bits per heavy atom. The van der Waals surface area contributed by atoms with E-state index in [1.54, 1.807) is 18.2 Å². The first-order valence-electron chi connectivity index (χ1n) is 6.60. The molecule has 0 saturated heterocycles. The minimum atomic E-state index is -3.42. The molecule has 0 bridgehead atoms. The Bertz CT molecular complexity index is 550. The highest BCUT2D eigenvalue weighted by Gasteiger charge is 2.24. The molecule has 2 rings (SSSR count). The number of aliphatic hydroxyl groups is 1. The van der Waals surface area contributed by atoms with Gasteiger partial charge in [-0.15, -0.1) is 0 Å². The summed E-state index contributed by atoms with van der Waals surface area (Å²) in [6.45, 7) is 4.17. The van der Waals surface area contributed by atoms with E-state index in [0.717, 1.165) is 24.0 Å². The van der Waals surface area contributed by atoms with Gasteiger partial charge < -0.3 is 10.4 Å². The van der Waals surface area contributed by atoms with Gasteiger partial charge in [-0.25, -0.2) is 8.42 Å². The van der Waals surface area contributed by atoms with Gasteiger partial charge in [0.05, 0.1) is 16.8 Å². The van der Waals surface area contributed by atoms with E-state index in [9.17, 15) is 13.5 Å². The predicted molar refractivity (Wildman–Crippen MR) is 75.0 cm³/mol. The van der Waals surface area contributed by atoms with Crippen molar-refractivity contribution in [3.05, 3.63) is 29.3 Å². The molecular weight excluding hydrogens is 262 g/mol. The van der Waals surface area contributed by atoms with Crippen molar-refractivity contribution in [2.75, 3.05) is 12.3 Å². The average molecular weight is 283 g/mol. The van der Waals surface area contributed by atoms with Gasteiger partial charge in [-0.1, -0.05) is 6.07 Å². The quantitative estimate of drug-likeness (QED) is 0.823. The van der Waals surface area contributed by atoms with Gasteiger partial charge in [0, 0.05) is 12.6 Å². The fraction of sp³-hybridized carbons (Fsp3) is 0.571. The molecule has 106 valence electrons. The van der Waals surface area contributed by atoms with Gasteiger partial charge in [0.25, 0.3) is 0 Å². The lowest BCUT2D eigenvalue weighted by atomic mass is 10.1. The molecule has 4 nitrogen and oxygen atoms in total. The maximum Gasteiger partial charge on any atom is 0.180 e. The molecule has 0 amide bonds. The summed E-state index contributed by atoms with van der Waals surface area (Å²) in [5.74, 6) is -0.227. The molecule has 5 heteroatoms. The van der Waals surface area contributed by atoms with Crippen LogP contribution in [0.3, 0.4) is 0 Å². The monoisotopic (exact) mass is 283 g/mol. The SMILES string of the molecule is Cc1ccc(S(=O)(=O)CC(O)CNC2CC2)cc1C. The summed E-state index contributed by atoms with van der Waals surface area (Å²) in [4.78, 5) is 0.293. The third-order valence-corrected chi connectivity index (χ3v) is 5.26. The molecule has 0 heterocycles. The zero-order chi connectivity index (χ0) is 14.0. The topological polar surface area (TPSA) is 66.4 Å². The third kappa shape index (κ3) is 4.03. The molecule has 1 aromatic carbocycles. The molecule has 1 aliphatic rings. The number of nitrogens with one attached hydrogen (secondary N) is 1. The zero-order valence-corrected chi connectivity index (χ0v) is 12.2. The maximum atomic E-state index is 12.2. The van der Waals surface area contributed by atoms with E-state index in [1.807, 2.05) is 13.8 Å². The van der Waals surface area contributed by atoms with Crippen LogP contribution in [0.15, 0.2) is 23.1 Å². The molecule has 0 radical (unpaired) electrons. The van der Waals surface area contributed by atoms with Crippen molar-refractivity contribution in [1.82, 2.24) is 5.32 Å². The first-order chi connectivity index (χ1) is 8.88. The van der Waals surface area contributed by atoms with E-state index < -0.39 is 15.9 Å². The molecule has 19 heavy (non-hydrogen) atoms. The smallest absolute Gasteiger partial charge is 0.180 e. The Kier molecular flexibility index (Phi) is 4.28. The standard InChI is InChI=1S/C14H21NO3S/c1-10-3-6-14(7-11(10)2)19(17,18)9-13(16)8-15-12-4-5-12/h3,6-7,12-13,15-16H,4-5,8-9H2,1-2H3. The van der Waals surface area contributed by atoms with Crippen LogP contribution in [0.5, 0.6) is 0 Å². The Balaban J connectivity index is 2.01. The van der Waals surface area contributed by atoms with Gasteiger partial charge in [0.1, 0.15) is 0 Å². The van der Waals surface area contributed by atoms with Crippen LogP contribution in [0, 0.1) is 13.8 Å². The largest absolute Gasteiger partial charge is 0.391 e. The third-order valence-electron chi connectivity index (χ3n) is 3.47. The van der Waals surface area contributed by atoms with E-state index in [2.05, 4.69) is 5.32 Å². The second-order valence-corrected chi connectivity index (χ2v) is 7.40. The van der Waals surface area contributed by atoms with Crippen molar-refractivity contribution < 1.29 is 13.5 Å². The summed E-state index contributed by atoms with van der Waals surface area (Å²) in [7, 11) is -3.42. The highest BCUT2D eigenvalue weighted by molar-refractivity contribution is 7.91. The lowest BCUT2D eigenvalue weighted by Gasteiger charge is -2.13. The summed E-state index contributed by atoms with van der Waals surface area (Å²) in [6.07, 6.45) is 1.39. The Morgan fingerprint density at radius 1 is 1.32 bits per heavy atom. The number of benzene rings is 1. The number of hydrogen-bond acceptors (Lipinski definition) is 4. The van der Waals surface area contributed by atoms with Crippen molar-refractivity contribution in [2.45, 2.75) is 43.7 Å². The summed E-state index contributed by atoms with van der Waals surface area (Å²) in [5, 5.41) is 12.9.